The number of nitriles is 1. The fraction of sp³-hybridized carbons (Fsp3) is 0.474. The summed E-state index contributed by atoms with van der Waals surface area (Å²) in [6.07, 6.45) is 2.74. The summed E-state index contributed by atoms with van der Waals surface area (Å²) in [5, 5.41) is 13.3. The van der Waals surface area contributed by atoms with Gasteiger partial charge in [0, 0.05) is 6.54 Å². The molecule has 0 aliphatic heterocycles. The van der Waals surface area contributed by atoms with Crippen LogP contribution in [-0.2, 0) is 11.3 Å². The van der Waals surface area contributed by atoms with Crippen LogP contribution in [0.3, 0.4) is 0 Å². The van der Waals surface area contributed by atoms with E-state index in [1.165, 1.54) is 11.8 Å². The van der Waals surface area contributed by atoms with Gasteiger partial charge < -0.3 is 5.32 Å². The van der Waals surface area contributed by atoms with E-state index in [4.69, 9.17) is 0 Å². The zero-order valence-electron chi connectivity index (χ0n) is 15.0. The maximum Gasteiger partial charge on any atom is 0.262 e. The molecular weight excluding hydrogens is 348 g/mol. The standard InChI is InChI=1S/C19H22N4O2S/c1-3-10-23-17(25)14-6-4-5-7-15(14)21-18(23)26-11-16(24)22-19(2,12-20)13-8-9-13/h4-7,13H,3,8-11H2,1-2H3,(H,22,24)/t19-/m1/s1. The van der Waals surface area contributed by atoms with Crippen LogP contribution in [0.4, 0.5) is 0 Å². The third kappa shape index (κ3) is 3.75. The van der Waals surface area contributed by atoms with Gasteiger partial charge in [-0.3, -0.25) is 14.2 Å². The Morgan fingerprint density at radius 1 is 1.46 bits per heavy atom. The third-order valence-electron chi connectivity index (χ3n) is 4.63. The molecule has 1 amide bonds. The van der Waals surface area contributed by atoms with Gasteiger partial charge in [-0.2, -0.15) is 5.26 Å². The summed E-state index contributed by atoms with van der Waals surface area (Å²) in [6.45, 7) is 4.32. The van der Waals surface area contributed by atoms with Gasteiger partial charge in [-0.15, -0.1) is 0 Å². The molecule has 0 spiro atoms. The van der Waals surface area contributed by atoms with Crippen molar-refractivity contribution in [3.05, 3.63) is 34.6 Å². The Balaban J connectivity index is 1.79. The molecule has 1 fully saturated rings. The summed E-state index contributed by atoms with van der Waals surface area (Å²) in [7, 11) is 0. The summed E-state index contributed by atoms with van der Waals surface area (Å²) >= 11 is 1.24. The van der Waals surface area contributed by atoms with Gasteiger partial charge in [-0.25, -0.2) is 4.98 Å². The van der Waals surface area contributed by atoms with Gasteiger partial charge >= 0.3 is 0 Å². The Hall–Kier alpha value is -2.33. The van der Waals surface area contributed by atoms with Gasteiger partial charge in [0.2, 0.25) is 5.91 Å². The number of aromatic nitrogens is 2. The SMILES string of the molecule is CCCn1c(SCC(=O)N[C@](C)(C#N)C2CC2)nc2ccccc2c1=O. The first-order valence-electron chi connectivity index (χ1n) is 8.83. The molecule has 1 aliphatic carbocycles. The summed E-state index contributed by atoms with van der Waals surface area (Å²) in [4.78, 5) is 29.6. The molecule has 7 heteroatoms. The van der Waals surface area contributed by atoms with Crippen molar-refractivity contribution in [3.8, 4) is 6.07 Å². The van der Waals surface area contributed by atoms with E-state index in [1.807, 2.05) is 19.1 Å². The molecule has 1 aromatic carbocycles. The van der Waals surface area contributed by atoms with E-state index in [1.54, 1.807) is 23.6 Å². The minimum Gasteiger partial charge on any atom is -0.337 e. The van der Waals surface area contributed by atoms with Gasteiger partial charge in [0.1, 0.15) is 5.54 Å². The molecular formula is C19H22N4O2S. The predicted octanol–water partition coefficient (Wildman–Crippen LogP) is 2.71. The van der Waals surface area contributed by atoms with Crippen molar-refractivity contribution in [2.45, 2.75) is 50.4 Å². The van der Waals surface area contributed by atoms with Gasteiger partial charge in [0.15, 0.2) is 5.16 Å². The van der Waals surface area contributed by atoms with Gasteiger partial charge in [-0.1, -0.05) is 30.8 Å². The molecule has 26 heavy (non-hydrogen) atoms. The predicted molar refractivity (Wildman–Crippen MR) is 102 cm³/mol. The molecule has 2 aromatic rings. The van der Waals surface area contributed by atoms with Gasteiger partial charge in [0.25, 0.3) is 5.56 Å². The van der Waals surface area contributed by atoms with Crippen molar-refractivity contribution in [3.63, 3.8) is 0 Å². The molecule has 1 atom stereocenters. The monoisotopic (exact) mass is 370 g/mol. The highest BCUT2D eigenvalue weighted by Gasteiger charge is 2.42. The molecule has 0 unspecified atom stereocenters. The zero-order chi connectivity index (χ0) is 18.7. The maximum atomic E-state index is 12.7. The number of fused-ring (bicyclic) bond motifs is 1. The van der Waals surface area contributed by atoms with E-state index < -0.39 is 5.54 Å². The normalized spacial score (nSPS) is 16.0. The lowest BCUT2D eigenvalue weighted by molar-refractivity contribution is -0.119. The van der Waals surface area contributed by atoms with Crippen LogP contribution in [0.5, 0.6) is 0 Å². The average molecular weight is 370 g/mol. The van der Waals surface area contributed by atoms with E-state index in [-0.39, 0.29) is 23.1 Å². The average Bonchev–Trinajstić information content (AvgIpc) is 3.48. The lowest BCUT2D eigenvalue weighted by Gasteiger charge is -2.22. The number of hydrogen-bond donors (Lipinski definition) is 1. The van der Waals surface area contributed by atoms with E-state index >= 15 is 0 Å². The molecule has 1 saturated carbocycles. The highest BCUT2D eigenvalue weighted by atomic mass is 32.2. The number of rotatable bonds is 7. The van der Waals surface area contributed by atoms with E-state index in [9.17, 15) is 14.9 Å². The first-order valence-corrected chi connectivity index (χ1v) is 9.81. The Kier molecular flexibility index (Phi) is 5.33. The Labute approximate surface area is 156 Å². The van der Waals surface area contributed by atoms with Gasteiger partial charge in [-0.05, 0) is 44.2 Å². The molecule has 0 radical (unpaired) electrons. The molecule has 1 heterocycles. The highest BCUT2D eigenvalue weighted by Crippen LogP contribution is 2.39. The summed E-state index contributed by atoms with van der Waals surface area (Å²) in [5.74, 6) is 0.147. The number of carbonyl (C=O) groups excluding carboxylic acids is 1. The molecule has 3 rings (SSSR count). The van der Waals surface area contributed by atoms with Crippen LogP contribution < -0.4 is 10.9 Å². The van der Waals surface area contributed by atoms with E-state index in [2.05, 4.69) is 16.4 Å². The number of benzene rings is 1. The molecule has 1 aliphatic rings. The molecule has 6 nitrogen and oxygen atoms in total. The van der Waals surface area contributed by atoms with Crippen molar-refractivity contribution < 1.29 is 4.79 Å². The molecule has 1 N–H and O–H groups in total. The zero-order valence-corrected chi connectivity index (χ0v) is 15.8. The van der Waals surface area contributed by atoms with Crippen molar-refractivity contribution in [2.24, 2.45) is 5.92 Å². The number of hydrogen-bond acceptors (Lipinski definition) is 5. The van der Waals surface area contributed by atoms with E-state index in [0.717, 1.165) is 19.3 Å². The van der Waals surface area contributed by atoms with E-state index in [0.29, 0.717) is 22.6 Å². The first kappa shape index (κ1) is 18.5. The van der Waals surface area contributed by atoms with Crippen LogP contribution in [0.2, 0.25) is 0 Å². The summed E-state index contributed by atoms with van der Waals surface area (Å²) in [6, 6.07) is 9.46. The minimum absolute atomic E-state index is 0.0831. The number of thioether (sulfide) groups is 1. The molecule has 0 bridgehead atoms. The van der Waals surface area contributed by atoms with Crippen LogP contribution in [0, 0.1) is 17.2 Å². The topological polar surface area (TPSA) is 87.8 Å². The fourth-order valence-electron chi connectivity index (χ4n) is 3.02. The maximum absolute atomic E-state index is 12.7. The number of amides is 1. The second-order valence-electron chi connectivity index (χ2n) is 6.79. The Morgan fingerprint density at radius 2 is 2.19 bits per heavy atom. The number of nitrogens with one attached hydrogen (secondary N) is 1. The second kappa shape index (κ2) is 7.50. The number of para-hydroxylation sites is 1. The van der Waals surface area contributed by atoms with Crippen molar-refractivity contribution in [1.29, 1.82) is 5.26 Å². The second-order valence-corrected chi connectivity index (χ2v) is 7.74. The van der Waals surface area contributed by atoms with Crippen LogP contribution in [0.25, 0.3) is 10.9 Å². The largest absolute Gasteiger partial charge is 0.337 e. The highest BCUT2D eigenvalue weighted by molar-refractivity contribution is 7.99. The van der Waals surface area contributed by atoms with Crippen molar-refractivity contribution >= 4 is 28.6 Å². The molecule has 1 aromatic heterocycles. The summed E-state index contributed by atoms with van der Waals surface area (Å²) < 4.78 is 1.63. The Bertz CT molecular complexity index is 929. The van der Waals surface area contributed by atoms with Crippen molar-refractivity contribution in [2.75, 3.05) is 5.75 Å². The first-order chi connectivity index (χ1) is 12.5. The van der Waals surface area contributed by atoms with Crippen LogP contribution in [0.1, 0.15) is 33.1 Å². The van der Waals surface area contributed by atoms with Crippen LogP contribution in [0.15, 0.2) is 34.2 Å². The quantitative estimate of drug-likeness (QED) is 0.598. The molecule has 0 saturated heterocycles. The number of nitrogens with zero attached hydrogens (tertiary/aromatic N) is 3. The lowest BCUT2D eigenvalue weighted by atomic mass is 9.98. The summed E-state index contributed by atoms with van der Waals surface area (Å²) in [5.41, 5.74) is -0.259. The minimum atomic E-state index is -0.808. The fourth-order valence-corrected chi connectivity index (χ4v) is 3.84. The third-order valence-corrected chi connectivity index (χ3v) is 5.61. The van der Waals surface area contributed by atoms with Gasteiger partial charge in [0.05, 0.1) is 22.7 Å². The van der Waals surface area contributed by atoms with Crippen LogP contribution in [-0.4, -0.2) is 26.8 Å². The number of carbonyl (C=O) groups is 1. The Morgan fingerprint density at radius 3 is 2.85 bits per heavy atom. The van der Waals surface area contributed by atoms with Crippen molar-refractivity contribution in [1.82, 2.24) is 14.9 Å². The smallest absolute Gasteiger partial charge is 0.262 e. The molecule has 136 valence electrons. The van der Waals surface area contributed by atoms with Crippen LogP contribution >= 0.6 is 11.8 Å². The lowest BCUT2D eigenvalue weighted by Crippen LogP contribution is -2.47.